The van der Waals surface area contributed by atoms with Crippen molar-refractivity contribution in [2.75, 3.05) is 13.1 Å². The molecule has 2 nitrogen and oxygen atoms in total. The van der Waals surface area contributed by atoms with E-state index in [1.807, 2.05) is 0 Å². The third kappa shape index (κ3) is 1.91. The molecular formula is C14H25NO. The molecule has 0 radical (unpaired) electrons. The van der Waals surface area contributed by atoms with Crippen molar-refractivity contribution in [1.29, 1.82) is 0 Å². The quantitative estimate of drug-likeness (QED) is 0.738. The Morgan fingerprint density at radius 1 is 0.812 bits per heavy atom. The van der Waals surface area contributed by atoms with Crippen LogP contribution in [0.25, 0.3) is 0 Å². The number of aliphatic hydroxyl groups excluding tert-OH is 1. The van der Waals surface area contributed by atoms with Gasteiger partial charge in [-0.2, -0.15) is 0 Å². The van der Waals surface area contributed by atoms with Gasteiger partial charge in [-0.25, -0.2) is 0 Å². The first-order valence-electron chi connectivity index (χ1n) is 7.28. The molecule has 2 bridgehead atoms. The van der Waals surface area contributed by atoms with Gasteiger partial charge < -0.3 is 10.0 Å². The van der Waals surface area contributed by atoms with Gasteiger partial charge in [0.1, 0.15) is 0 Å². The zero-order valence-electron chi connectivity index (χ0n) is 10.3. The van der Waals surface area contributed by atoms with Crippen molar-refractivity contribution in [2.45, 2.75) is 63.5 Å². The molecule has 2 heteroatoms. The summed E-state index contributed by atoms with van der Waals surface area (Å²) in [6.07, 6.45) is 10.7. The van der Waals surface area contributed by atoms with E-state index in [1.165, 1.54) is 64.5 Å². The highest BCUT2D eigenvalue weighted by atomic mass is 16.3. The smallest absolute Gasteiger partial charge is 0.0611 e. The molecule has 3 rings (SSSR count). The Balaban J connectivity index is 1.69. The van der Waals surface area contributed by atoms with Gasteiger partial charge in [0.25, 0.3) is 0 Å². The molecule has 0 aromatic heterocycles. The minimum absolute atomic E-state index is 0.0226. The van der Waals surface area contributed by atoms with Gasteiger partial charge in [0, 0.05) is 12.0 Å². The van der Waals surface area contributed by atoms with Crippen LogP contribution in [0.2, 0.25) is 0 Å². The van der Waals surface area contributed by atoms with Crippen LogP contribution in [0.5, 0.6) is 0 Å². The van der Waals surface area contributed by atoms with Gasteiger partial charge in [0.15, 0.2) is 0 Å². The Bertz CT molecular complexity index is 237. The fourth-order valence-corrected chi connectivity index (χ4v) is 4.34. The van der Waals surface area contributed by atoms with Gasteiger partial charge >= 0.3 is 0 Å². The fraction of sp³-hybridized carbons (Fsp3) is 1.00. The lowest BCUT2D eigenvalue weighted by molar-refractivity contribution is -0.0659. The van der Waals surface area contributed by atoms with Crippen molar-refractivity contribution < 1.29 is 5.11 Å². The summed E-state index contributed by atoms with van der Waals surface area (Å²) in [7, 11) is 0. The average Bonchev–Trinajstić information content (AvgIpc) is 2.30. The topological polar surface area (TPSA) is 23.5 Å². The number of hydrogen-bond acceptors (Lipinski definition) is 2. The highest BCUT2D eigenvalue weighted by Crippen LogP contribution is 2.42. The lowest BCUT2D eigenvalue weighted by Gasteiger charge is -2.49. The van der Waals surface area contributed by atoms with E-state index in [4.69, 9.17) is 0 Å². The van der Waals surface area contributed by atoms with Crippen LogP contribution in [0.1, 0.15) is 51.4 Å². The first kappa shape index (κ1) is 11.0. The van der Waals surface area contributed by atoms with Crippen molar-refractivity contribution in [3.63, 3.8) is 0 Å². The highest BCUT2D eigenvalue weighted by molar-refractivity contribution is 4.95. The molecule has 0 amide bonds. The summed E-state index contributed by atoms with van der Waals surface area (Å²) in [5.41, 5.74) is 0. The summed E-state index contributed by atoms with van der Waals surface area (Å²) in [5, 5.41) is 10.4. The van der Waals surface area contributed by atoms with Gasteiger partial charge in [0.2, 0.25) is 0 Å². The third-order valence-corrected chi connectivity index (χ3v) is 5.22. The van der Waals surface area contributed by atoms with Crippen molar-refractivity contribution >= 4 is 0 Å². The van der Waals surface area contributed by atoms with Crippen molar-refractivity contribution in [1.82, 2.24) is 4.90 Å². The number of likely N-dealkylation sites (tertiary alicyclic amines) is 1. The van der Waals surface area contributed by atoms with Crippen molar-refractivity contribution in [3.8, 4) is 0 Å². The maximum Gasteiger partial charge on any atom is 0.0611 e. The summed E-state index contributed by atoms with van der Waals surface area (Å²) in [6.45, 7) is 2.58. The predicted octanol–water partition coefficient (Wildman–Crippen LogP) is 2.41. The molecule has 1 heterocycles. The number of rotatable bonds is 1. The van der Waals surface area contributed by atoms with E-state index in [2.05, 4.69) is 4.90 Å². The summed E-state index contributed by atoms with van der Waals surface area (Å²) < 4.78 is 0. The Kier molecular flexibility index (Phi) is 3.21. The van der Waals surface area contributed by atoms with Crippen LogP contribution in [0, 0.1) is 11.8 Å². The molecule has 16 heavy (non-hydrogen) atoms. The molecule has 2 saturated carbocycles. The van der Waals surface area contributed by atoms with Gasteiger partial charge in [-0.05, 0) is 57.5 Å². The zero-order chi connectivity index (χ0) is 11.0. The normalized spacial score (nSPS) is 45.6. The molecule has 1 aliphatic heterocycles. The van der Waals surface area contributed by atoms with Crippen LogP contribution in [-0.4, -0.2) is 35.2 Å². The van der Waals surface area contributed by atoms with Crippen LogP contribution < -0.4 is 0 Å². The first-order chi connectivity index (χ1) is 7.86. The standard InChI is InChI=1S/C14H25NO/c16-14-11-5-4-6-12(14)13(8-7-11)15-9-2-1-3-10-15/h11-14,16H,1-10H2/t11-,12+,13+,14+/m1/s1. The molecule has 3 aliphatic rings. The lowest BCUT2D eigenvalue weighted by Crippen LogP contribution is -2.53. The molecule has 0 unspecified atom stereocenters. The van der Waals surface area contributed by atoms with Crippen LogP contribution in [0.3, 0.4) is 0 Å². The van der Waals surface area contributed by atoms with Crippen LogP contribution in [0.4, 0.5) is 0 Å². The van der Waals surface area contributed by atoms with E-state index < -0.39 is 0 Å². The number of aliphatic hydroxyl groups is 1. The molecule has 0 aromatic rings. The second-order valence-electron chi connectivity index (χ2n) is 6.09. The number of fused-ring (bicyclic) bond motifs is 2. The molecule has 4 atom stereocenters. The van der Waals surface area contributed by atoms with E-state index in [1.54, 1.807) is 0 Å². The van der Waals surface area contributed by atoms with E-state index >= 15 is 0 Å². The minimum Gasteiger partial charge on any atom is -0.392 e. The molecule has 0 aromatic carbocycles. The Labute approximate surface area is 99.0 Å². The lowest BCUT2D eigenvalue weighted by atomic mass is 9.67. The Morgan fingerprint density at radius 2 is 1.62 bits per heavy atom. The van der Waals surface area contributed by atoms with Crippen molar-refractivity contribution in [3.05, 3.63) is 0 Å². The predicted molar refractivity (Wildman–Crippen MR) is 65.3 cm³/mol. The maximum atomic E-state index is 10.4. The van der Waals surface area contributed by atoms with E-state index in [0.29, 0.717) is 17.9 Å². The average molecular weight is 223 g/mol. The molecule has 0 spiro atoms. The number of nitrogens with zero attached hydrogens (tertiary/aromatic N) is 1. The van der Waals surface area contributed by atoms with E-state index in [0.717, 1.165) is 0 Å². The third-order valence-electron chi connectivity index (χ3n) is 5.22. The monoisotopic (exact) mass is 223 g/mol. The number of piperidine rings is 1. The largest absolute Gasteiger partial charge is 0.392 e. The summed E-state index contributed by atoms with van der Waals surface area (Å²) in [5.74, 6) is 1.24. The first-order valence-corrected chi connectivity index (χ1v) is 7.28. The summed E-state index contributed by atoms with van der Waals surface area (Å²) in [6, 6.07) is 0.715. The zero-order valence-corrected chi connectivity index (χ0v) is 10.3. The molecule has 1 saturated heterocycles. The molecular weight excluding hydrogens is 198 g/mol. The van der Waals surface area contributed by atoms with E-state index in [-0.39, 0.29) is 6.10 Å². The highest BCUT2D eigenvalue weighted by Gasteiger charge is 2.42. The van der Waals surface area contributed by atoms with Crippen LogP contribution in [0.15, 0.2) is 0 Å². The Morgan fingerprint density at radius 3 is 2.44 bits per heavy atom. The van der Waals surface area contributed by atoms with E-state index in [9.17, 15) is 5.11 Å². The summed E-state index contributed by atoms with van der Waals surface area (Å²) >= 11 is 0. The second-order valence-corrected chi connectivity index (χ2v) is 6.09. The molecule has 1 N–H and O–H groups in total. The van der Waals surface area contributed by atoms with Gasteiger partial charge in [-0.1, -0.05) is 12.8 Å². The second kappa shape index (κ2) is 4.66. The molecule has 3 fully saturated rings. The van der Waals surface area contributed by atoms with Crippen molar-refractivity contribution in [2.24, 2.45) is 11.8 Å². The van der Waals surface area contributed by atoms with Gasteiger partial charge in [0.05, 0.1) is 6.10 Å². The SMILES string of the molecule is O[C@H]1[C@@H]2CCC[C@H]1[C@@H](N1CCCCC1)CC2. The minimum atomic E-state index is 0.0226. The van der Waals surface area contributed by atoms with Crippen LogP contribution in [-0.2, 0) is 0 Å². The number of hydrogen-bond donors (Lipinski definition) is 1. The maximum absolute atomic E-state index is 10.4. The summed E-state index contributed by atoms with van der Waals surface area (Å²) in [4.78, 5) is 2.69. The molecule has 2 aliphatic carbocycles. The Hall–Kier alpha value is -0.0800. The van der Waals surface area contributed by atoms with Gasteiger partial charge in [-0.15, -0.1) is 0 Å². The van der Waals surface area contributed by atoms with Gasteiger partial charge in [-0.3, -0.25) is 0 Å². The molecule has 92 valence electrons. The van der Waals surface area contributed by atoms with Crippen LogP contribution >= 0.6 is 0 Å². The fourth-order valence-electron chi connectivity index (χ4n) is 4.34.